The van der Waals surface area contributed by atoms with E-state index in [0.717, 1.165) is 30.4 Å². The Morgan fingerprint density at radius 3 is 2.62 bits per heavy atom. The first-order valence-corrected chi connectivity index (χ1v) is 11.3. The zero-order chi connectivity index (χ0) is 26.7. The zero-order valence-electron chi connectivity index (χ0n) is 19.4. The highest BCUT2D eigenvalue weighted by Gasteiger charge is 2.40. The zero-order valence-corrected chi connectivity index (χ0v) is 19.4. The molecule has 16 heteroatoms. The van der Waals surface area contributed by atoms with Gasteiger partial charge in [0.05, 0.1) is 23.9 Å². The Balaban J connectivity index is 1.49. The predicted molar refractivity (Wildman–Crippen MR) is 123 cm³/mol. The SMILES string of the molecule is NC(=O)c1nn(CCOC(=O)C(F)(F)F)cc1NC(=O)c1ccc2cnc(N[C@@H]3CCCC[C@@H]3N)nn12. The van der Waals surface area contributed by atoms with E-state index < -0.39 is 30.6 Å². The summed E-state index contributed by atoms with van der Waals surface area (Å²) in [5.41, 5.74) is 11.7. The van der Waals surface area contributed by atoms with Crippen LogP contribution in [-0.4, -0.2) is 67.0 Å². The smallest absolute Gasteiger partial charge is 0.457 e. The number of ether oxygens (including phenoxy) is 1. The topological polar surface area (TPSA) is 185 Å². The fraction of sp³-hybridized carbons (Fsp3) is 0.429. The maximum absolute atomic E-state index is 13.0. The third-order valence-electron chi connectivity index (χ3n) is 5.79. The van der Waals surface area contributed by atoms with Crippen molar-refractivity contribution in [3.63, 3.8) is 0 Å². The molecule has 198 valence electrons. The monoisotopic (exact) mass is 523 g/mol. The van der Waals surface area contributed by atoms with Crippen LogP contribution in [0.25, 0.3) is 5.52 Å². The van der Waals surface area contributed by atoms with Crippen LogP contribution in [0.2, 0.25) is 0 Å². The minimum absolute atomic E-state index is 0.00147. The number of fused-ring (bicyclic) bond motifs is 1. The van der Waals surface area contributed by atoms with E-state index in [4.69, 9.17) is 11.5 Å². The second kappa shape index (κ2) is 10.4. The van der Waals surface area contributed by atoms with Crippen LogP contribution in [0, 0.1) is 0 Å². The van der Waals surface area contributed by atoms with Crippen molar-refractivity contribution in [1.29, 1.82) is 0 Å². The fourth-order valence-electron chi connectivity index (χ4n) is 3.95. The number of carbonyl (C=O) groups is 3. The van der Waals surface area contributed by atoms with Gasteiger partial charge in [-0.15, -0.1) is 5.10 Å². The summed E-state index contributed by atoms with van der Waals surface area (Å²) in [6, 6.07) is 3.08. The largest absolute Gasteiger partial charge is 0.490 e. The van der Waals surface area contributed by atoms with Gasteiger partial charge in [0.2, 0.25) is 5.95 Å². The molecular weight excluding hydrogens is 499 g/mol. The van der Waals surface area contributed by atoms with Crippen LogP contribution in [0.5, 0.6) is 0 Å². The van der Waals surface area contributed by atoms with Gasteiger partial charge in [-0.1, -0.05) is 12.8 Å². The number of amides is 2. The van der Waals surface area contributed by atoms with Crippen molar-refractivity contribution >= 4 is 34.9 Å². The number of halogens is 3. The number of hydrogen-bond donors (Lipinski definition) is 4. The summed E-state index contributed by atoms with van der Waals surface area (Å²) < 4.78 is 43.3. The van der Waals surface area contributed by atoms with Gasteiger partial charge in [-0.25, -0.2) is 14.3 Å². The number of rotatable bonds is 8. The predicted octanol–water partition coefficient (Wildman–Crippen LogP) is 1.06. The van der Waals surface area contributed by atoms with Crippen molar-refractivity contribution in [2.75, 3.05) is 17.2 Å². The Morgan fingerprint density at radius 2 is 1.92 bits per heavy atom. The summed E-state index contributed by atoms with van der Waals surface area (Å²) in [5.74, 6) is -3.72. The number of alkyl halides is 3. The summed E-state index contributed by atoms with van der Waals surface area (Å²) in [5, 5.41) is 14.0. The highest BCUT2D eigenvalue weighted by molar-refractivity contribution is 6.07. The Bertz CT molecular complexity index is 1320. The average molecular weight is 523 g/mol. The molecular formula is C21H24F3N9O4. The Morgan fingerprint density at radius 1 is 1.16 bits per heavy atom. The Kier molecular flexibility index (Phi) is 7.28. The molecule has 0 bridgehead atoms. The molecule has 1 aliphatic carbocycles. The minimum Gasteiger partial charge on any atom is -0.457 e. The van der Waals surface area contributed by atoms with Gasteiger partial charge in [0.25, 0.3) is 11.8 Å². The Labute approximate surface area is 207 Å². The highest BCUT2D eigenvalue weighted by atomic mass is 19.4. The van der Waals surface area contributed by atoms with Crippen LogP contribution in [0.3, 0.4) is 0 Å². The van der Waals surface area contributed by atoms with Crippen molar-refractivity contribution in [2.24, 2.45) is 11.5 Å². The minimum atomic E-state index is -5.14. The second-order valence-electron chi connectivity index (χ2n) is 8.44. The molecule has 1 aliphatic rings. The number of aromatic nitrogens is 5. The number of nitrogens with two attached hydrogens (primary N) is 2. The molecule has 0 spiro atoms. The van der Waals surface area contributed by atoms with Crippen LogP contribution in [0.4, 0.5) is 24.8 Å². The average Bonchev–Trinajstić information content (AvgIpc) is 3.44. The van der Waals surface area contributed by atoms with Crippen LogP contribution < -0.4 is 22.1 Å². The van der Waals surface area contributed by atoms with Crippen LogP contribution >= 0.6 is 0 Å². The lowest BCUT2D eigenvalue weighted by atomic mass is 9.91. The molecule has 0 aromatic carbocycles. The van der Waals surface area contributed by atoms with E-state index in [1.807, 2.05) is 0 Å². The van der Waals surface area contributed by atoms with E-state index in [9.17, 15) is 27.6 Å². The van der Waals surface area contributed by atoms with Crippen LogP contribution in [0.15, 0.2) is 24.5 Å². The summed E-state index contributed by atoms with van der Waals surface area (Å²) >= 11 is 0. The first-order valence-electron chi connectivity index (χ1n) is 11.3. The van der Waals surface area contributed by atoms with Crippen LogP contribution in [-0.2, 0) is 16.1 Å². The molecule has 13 nitrogen and oxygen atoms in total. The molecule has 0 saturated heterocycles. The summed E-state index contributed by atoms with van der Waals surface area (Å²) in [7, 11) is 0. The third-order valence-corrected chi connectivity index (χ3v) is 5.79. The van der Waals surface area contributed by atoms with Gasteiger partial charge in [-0.05, 0) is 25.0 Å². The molecule has 3 heterocycles. The first-order chi connectivity index (χ1) is 17.5. The van der Waals surface area contributed by atoms with Crippen molar-refractivity contribution < 1.29 is 32.3 Å². The second-order valence-corrected chi connectivity index (χ2v) is 8.44. The van der Waals surface area contributed by atoms with Gasteiger partial charge in [0.15, 0.2) is 5.69 Å². The van der Waals surface area contributed by atoms with Crippen molar-refractivity contribution in [1.82, 2.24) is 24.4 Å². The molecule has 2 amide bonds. The maximum Gasteiger partial charge on any atom is 0.490 e. The number of carbonyl (C=O) groups excluding carboxylic acids is 3. The molecule has 3 aromatic heterocycles. The molecule has 2 atom stereocenters. The van der Waals surface area contributed by atoms with Gasteiger partial charge in [0, 0.05) is 18.3 Å². The molecule has 6 N–H and O–H groups in total. The Hall–Kier alpha value is -4.21. The lowest BCUT2D eigenvalue weighted by Crippen LogP contribution is -2.43. The van der Waals surface area contributed by atoms with E-state index in [1.165, 1.54) is 23.0 Å². The molecule has 3 aromatic rings. The number of hydrogen-bond acceptors (Lipinski definition) is 9. The lowest BCUT2D eigenvalue weighted by Gasteiger charge is -2.29. The normalized spacial score (nSPS) is 17.9. The van der Waals surface area contributed by atoms with Gasteiger partial charge in [0.1, 0.15) is 12.3 Å². The van der Waals surface area contributed by atoms with Crippen molar-refractivity contribution in [3.05, 3.63) is 35.9 Å². The quantitative estimate of drug-likeness (QED) is 0.313. The maximum atomic E-state index is 13.0. The van der Waals surface area contributed by atoms with E-state index in [2.05, 4.69) is 30.6 Å². The van der Waals surface area contributed by atoms with E-state index in [0.29, 0.717) is 11.5 Å². The molecule has 0 radical (unpaired) electrons. The van der Waals surface area contributed by atoms with Gasteiger partial charge < -0.3 is 26.8 Å². The molecule has 37 heavy (non-hydrogen) atoms. The lowest BCUT2D eigenvalue weighted by molar-refractivity contribution is -0.199. The van der Waals surface area contributed by atoms with Crippen molar-refractivity contribution in [3.8, 4) is 0 Å². The number of nitrogens with one attached hydrogen (secondary N) is 2. The number of primary amides is 1. The van der Waals surface area contributed by atoms with Gasteiger partial charge in [-0.2, -0.15) is 18.3 Å². The van der Waals surface area contributed by atoms with Gasteiger partial charge >= 0.3 is 12.1 Å². The molecule has 4 rings (SSSR count). The molecule has 1 fully saturated rings. The molecule has 1 saturated carbocycles. The van der Waals surface area contributed by atoms with Gasteiger partial charge in [-0.3, -0.25) is 14.3 Å². The first kappa shape index (κ1) is 25.9. The fourth-order valence-corrected chi connectivity index (χ4v) is 3.95. The number of nitrogens with zero attached hydrogens (tertiary/aromatic N) is 5. The highest BCUT2D eigenvalue weighted by Crippen LogP contribution is 2.21. The number of esters is 1. The van der Waals surface area contributed by atoms with E-state index in [-0.39, 0.29) is 35.7 Å². The summed E-state index contributed by atoms with van der Waals surface area (Å²) in [4.78, 5) is 39.9. The summed E-state index contributed by atoms with van der Waals surface area (Å²) in [6.07, 6.45) is 1.43. The standard InChI is InChI=1S/C21H24F3N9O4/c22-21(23,24)19(36)37-8-7-32-10-14(16(30-32)17(26)34)28-18(35)15-6-5-11-9-27-20(31-33(11)15)29-13-4-2-1-3-12(13)25/h5-6,9-10,12-13H,1-4,7-8,25H2,(H2,26,34)(H,28,35)(H,29,31)/t12-,13+/m0/s1. The van der Waals surface area contributed by atoms with E-state index in [1.54, 1.807) is 6.07 Å². The van der Waals surface area contributed by atoms with Crippen LogP contribution in [0.1, 0.15) is 46.7 Å². The number of anilines is 2. The van der Waals surface area contributed by atoms with Crippen molar-refractivity contribution in [2.45, 2.75) is 50.5 Å². The third kappa shape index (κ3) is 5.96. The summed E-state index contributed by atoms with van der Waals surface area (Å²) in [6.45, 7) is -0.996. The molecule has 0 aliphatic heterocycles. The molecule has 0 unspecified atom stereocenters. The van der Waals surface area contributed by atoms with E-state index >= 15 is 0 Å².